The molecule has 1 fully saturated rings. The fourth-order valence-corrected chi connectivity index (χ4v) is 2.96. The van der Waals surface area contributed by atoms with E-state index in [4.69, 9.17) is 9.47 Å². The van der Waals surface area contributed by atoms with E-state index in [0.29, 0.717) is 5.41 Å². The Morgan fingerprint density at radius 1 is 1.37 bits per heavy atom. The van der Waals surface area contributed by atoms with Crippen LogP contribution in [-0.4, -0.2) is 26.9 Å². The molecule has 0 aliphatic carbocycles. The average molecular weight is 328 g/mol. The topological polar surface area (TPSA) is 30.5 Å². The molecule has 1 aliphatic rings. The summed E-state index contributed by atoms with van der Waals surface area (Å²) < 4.78 is 11.7. The molecule has 0 aromatic heterocycles. The van der Waals surface area contributed by atoms with E-state index in [9.17, 15) is 0 Å². The van der Waals surface area contributed by atoms with E-state index in [2.05, 4.69) is 40.3 Å². The second-order valence-corrected chi connectivity index (χ2v) is 6.35. The summed E-state index contributed by atoms with van der Waals surface area (Å²) in [5.41, 5.74) is 1.64. The predicted molar refractivity (Wildman–Crippen MR) is 80.6 cm³/mol. The lowest BCUT2D eigenvalue weighted by Crippen LogP contribution is -2.36. The van der Waals surface area contributed by atoms with Crippen molar-refractivity contribution in [2.75, 3.05) is 26.9 Å². The van der Waals surface area contributed by atoms with Crippen LogP contribution in [0.2, 0.25) is 0 Å². The van der Waals surface area contributed by atoms with Crippen molar-refractivity contribution in [3.05, 3.63) is 28.2 Å². The molecule has 0 radical (unpaired) electrons. The van der Waals surface area contributed by atoms with Gasteiger partial charge in [0, 0.05) is 26.3 Å². The van der Waals surface area contributed by atoms with E-state index >= 15 is 0 Å². The van der Waals surface area contributed by atoms with Gasteiger partial charge in [0.15, 0.2) is 0 Å². The molecule has 1 aromatic rings. The van der Waals surface area contributed by atoms with E-state index in [1.165, 1.54) is 5.56 Å². The summed E-state index contributed by atoms with van der Waals surface area (Å²) in [6.07, 6.45) is 2.29. The van der Waals surface area contributed by atoms with E-state index < -0.39 is 0 Å². The van der Waals surface area contributed by atoms with Crippen molar-refractivity contribution in [1.29, 1.82) is 0 Å². The van der Waals surface area contributed by atoms with Gasteiger partial charge in [-0.2, -0.15) is 0 Å². The normalized spacial score (nSPS) is 18.3. The zero-order valence-corrected chi connectivity index (χ0v) is 13.3. The largest absolute Gasteiger partial charge is 0.496 e. The Labute approximate surface area is 123 Å². The molecule has 1 saturated heterocycles. The maximum absolute atomic E-state index is 5.42. The number of benzene rings is 1. The number of halogens is 1. The minimum absolute atomic E-state index is 0.377. The lowest BCUT2D eigenvalue weighted by molar-refractivity contribution is 0.0240. The summed E-state index contributed by atoms with van der Waals surface area (Å²) in [6, 6.07) is 6.21. The summed E-state index contributed by atoms with van der Waals surface area (Å²) in [4.78, 5) is 0. The van der Waals surface area contributed by atoms with Crippen LogP contribution in [0.1, 0.15) is 25.3 Å². The van der Waals surface area contributed by atoms with Crippen molar-refractivity contribution in [2.24, 2.45) is 5.41 Å². The van der Waals surface area contributed by atoms with Gasteiger partial charge in [-0.15, -0.1) is 0 Å². The van der Waals surface area contributed by atoms with Crippen LogP contribution in [0.4, 0.5) is 0 Å². The molecule has 0 bridgehead atoms. The first kappa shape index (κ1) is 14.8. The second kappa shape index (κ2) is 6.73. The van der Waals surface area contributed by atoms with Crippen LogP contribution in [0.3, 0.4) is 0 Å². The lowest BCUT2D eigenvalue weighted by Gasteiger charge is -2.33. The summed E-state index contributed by atoms with van der Waals surface area (Å²) in [6.45, 7) is 6.06. The fourth-order valence-electron chi connectivity index (χ4n) is 2.37. The second-order valence-electron chi connectivity index (χ2n) is 5.50. The van der Waals surface area contributed by atoms with Crippen LogP contribution >= 0.6 is 15.9 Å². The maximum atomic E-state index is 5.42. The highest BCUT2D eigenvalue weighted by Gasteiger charge is 2.26. The van der Waals surface area contributed by atoms with E-state index in [1.807, 2.05) is 6.07 Å². The van der Waals surface area contributed by atoms with Gasteiger partial charge in [0.05, 0.1) is 11.6 Å². The van der Waals surface area contributed by atoms with Gasteiger partial charge >= 0.3 is 0 Å². The van der Waals surface area contributed by atoms with Crippen molar-refractivity contribution in [3.63, 3.8) is 0 Å². The van der Waals surface area contributed by atoms with Gasteiger partial charge in [-0.25, -0.2) is 0 Å². The maximum Gasteiger partial charge on any atom is 0.133 e. The molecule has 0 unspecified atom stereocenters. The quantitative estimate of drug-likeness (QED) is 0.899. The molecule has 0 amide bonds. The van der Waals surface area contributed by atoms with Crippen molar-refractivity contribution < 1.29 is 9.47 Å². The molecule has 1 aliphatic heterocycles. The highest BCUT2D eigenvalue weighted by Crippen LogP contribution is 2.29. The van der Waals surface area contributed by atoms with Gasteiger partial charge in [-0.1, -0.05) is 13.0 Å². The van der Waals surface area contributed by atoms with Crippen molar-refractivity contribution >= 4 is 15.9 Å². The molecule has 1 aromatic carbocycles. The number of hydrogen-bond acceptors (Lipinski definition) is 3. The Kier molecular flexibility index (Phi) is 5.25. The highest BCUT2D eigenvalue weighted by atomic mass is 79.9. The first-order valence-corrected chi connectivity index (χ1v) is 7.53. The summed E-state index contributed by atoms with van der Waals surface area (Å²) in [5.74, 6) is 0.875. The van der Waals surface area contributed by atoms with Gasteiger partial charge in [-0.3, -0.25) is 0 Å². The van der Waals surface area contributed by atoms with Crippen LogP contribution in [0.15, 0.2) is 22.7 Å². The Hall–Kier alpha value is -0.580. The summed E-state index contributed by atoms with van der Waals surface area (Å²) in [5, 5.41) is 3.56. The molecule has 1 heterocycles. The molecule has 0 saturated carbocycles. The number of hydrogen-bond donors (Lipinski definition) is 1. The van der Waals surface area contributed by atoms with Crippen LogP contribution in [0.5, 0.6) is 5.75 Å². The van der Waals surface area contributed by atoms with E-state index in [0.717, 1.165) is 49.4 Å². The highest BCUT2D eigenvalue weighted by molar-refractivity contribution is 9.10. The Morgan fingerprint density at radius 3 is 2.74 bits per heavy atom. The number of ether oxygens (including phenoxy) is 2. The van der Waals surface area contributed by atoms with Crippen LogP contribution < -0.4 is 10.1 Å². The molecule has 0 spiro atoms. The standard InChI is InChI=1S/C15H22BrNO2/c1-15(5-7-19-8-6-15)11-17-10-12-3-4-14(18-2)13(16)9-12/h3-4,9,17H,5-8,10-11H2,1-2H3. The Balaban J connectivity index is 1.83. The predicted octanol–water partition coefficient (Wildman–Crippen LogP) is 3.36. The smallest absolute Gasteiger partial charge is 0.133 e. The molecular weight excluding hydrogens is 306 g/mol. The lowest BCUT2D eigenvalue weighted by atomic mass is 9.82. The molecule has 4 heteroatoms. The van der Waals surface area contributed by atoms with Gasteiger partial charge in [-0.05, 0) is 51.9 Å². The number of nitrogens with one attached hydrogen (secondary N) is 1. The monoisotopic (exact) mass is 327 g/mol. The molecule has 106 valence electrons. The Morgan fingerprint density at radius 2 is 2.11 bits per heavy atom. The zero-order chi connectivity index (χ0) is 13.7. The third-order valence-electron chi connectivity index (χ3n) is 3.80. The van der Waals surface area contributed by atoms with Crippen LogP contribution in [-0.2, 0) is 11.3 Å². The third-order valence-corrected chi connectivity index (χ3v) is 4.42. The molecule has 0 atom stereocenters. The minimum atomic E-state index is 0.377. The van der Waals surface area contributed by atoms with Gasteiger partial charge in [0.1, 0.15) is 5.75 Å². The summed E-state index contributed by atoms with van der Waals surface area (Å²) in [7, 11) is 1.68. The molecule has 1 N–H and O–H groups in total. The van der Waals surface area contributed by atoms with Gasteiger partial charge in [0.25, 0.3) is 0 Å². The first-order chi connectivity index (χ1) is 9.13. The minimum Gasteiger partial charge on any atom is -0.496 e. The Bertz CT molecular complexity index is 417. The van der Waals surface area contributed by atoms with Crippen LogP contribution in [0.25, 0.3) is 0 Å². The number of rotatable bonds is 5. The zero-order valence-electron chi connectivity index (χ0n) is 11.7. The molecular formula is C15H22BrNO2. The van der Waals surface area contributed by atoms with Crippen molar-refractivity contribution in [3.8, 4) is 5.75 Å². The van der Waals surface area contributed by atoms with E-state index in [-0.39, 0.29) is 0 Å². The van der Waals surface area contributed by atoms with Gasteiger partial charge < -0.3 is 14.8 Å². The molecule has 3 nitrogen and oxygen atoms in total. The first-order valence-electron chi connectivity index (χ1n) is 6.74. The van der Waals surface area contributed by atoms with Crippen molar-refractivity contribution in [1.82, 2.24) is 5.32 Å². The van der Waals surface area contributed by atoms with E-state index in [1.54, 1.807) is 7.11 Å². The molecule has 19 heavy (non-hydrogen) atoms. The average Bonchev–Trinajstić information content (AvgIpc) is 2.39. The summed E-state index contributed by atoms with van der Waals surface area (Å²) >= 11 is 3.52. The van der Waals surface area contributed by atoms with Crippen LogP contribution in [0, 0.1) is 5.41 Å². The van der Waals surface area contributed by atoms with Gasteiger partial charge in [0.2, 0.25) is 0 Å². The SMILES string of the molecule is COc1ccc(CNCC2(C)CCOCC2)cc1Br. The van der Waals surface area contributed by atoms with Crippen molar-refractivity contribution in [2.45, 2.75) is 26.3 Å². The molecule has 2 rings (SSSR count). The number of methoxy groups -OCH3 is 1. The fraction of sp³-hybridized carbons (Fsp3) is 0.600. The third kappa shape index (κ3) is 4.20.